The molecule has 36 heavy (non-hydrogen) atoms. The summed E-state index contributed by atoms with van der Waals surface area (Å²) in [6.07, 6.45) is 6.65. The Hall–Kier alpha value is -3.08. The van der Waals surface area contributed by atoms with Gasteiger partial charge in [-0.1, -0.05) is 59.5 Å². The molecule has 5 heteroatoms. The maximum absolute atomic E-state index is 6.76. The lowest BCUT2D eigenvalue weighted by Gasteiger charge is -2.24. The topological polar surface area (TPSA) is 43.4 Å². The number of ether oxygens (including phenoxy) is 2. The SMILES string of the molecule is COc1cccc(-c2cc3c(OCCC4CCCCN4)c(-c4cc(C)cc(C)c4)cnc3cc2Cl)c1. The van der Waals surface area contributed by atoms with E-state index in [-0.39, 0.29) is 0 Å². The molecule has 1 aliphatic rings. The number of rotatable bonds is 7. The average Bonchev–Trinajstić information content (AvgIpc) is 2.88. The highest BCUT2D eigenvalue weighted by molar-refractivity contribution is 6.34. The Morgan fingerprint density at radius 2 is 1.81 bits per heavy atom. The number of aromatic nitrogens is 1. The number of aryl methyl sites for hydroxylation is 2. The van der Waals surface area contributed by atoms with Gasteiger partial charge < -0.3 is 14.8 Å². The normalized spacial score (nSPS) is 15.7. The van der Waals surface area contributed by atoms with E-state index in [1.807, 2.05) is 36.5 Å². The molecule has 5 rings (SSSR count). The third-order valence-corrected chi connectivity index (χ3v) is 7.26. The van der Waals surface area contributed by atoms with Crippen LogP contribution in [0.1, 0.15) is 36.8 Å². The van der Waals surface area contributed by atoms with Gasteiger partial charge in [0.15, 0.2) is 0 Å². The molecule has 0 bridgehead atoms. The number of piperidine rings is 1. The van der Waals surface area contributed by atoms with Crippen LogP contribution in [0.25, 0.3) is 33.2 Å². The predicted molar refractivity (Wildman–Crippen MR) is 149 cm³/mol. The van der Waals surface area contributed by atoms with E-state index in [1.54, 1.807) is 7.11 Å². The third kappa shape index (κ3) is 5.35. The summed E-state index contributed by atoms with van der Waals surface area (Å²) in [4.78, 5) is 4.80. The molecule has 1 saturated heterocycles. The molecule has 0 spiro atoms. The molecule has 2 heterocycles. The van der Waals surface area contributed by atoms with Crippen LogP contribution >= 0.6 is 11.6 Å². The first-order valence-corrected chi connectivity index (χ1v) is 13.1. The van der Waals surface area contributed by atoms with E-state index in [1.165, 1.54) is 30.4 Å². The zero-order chi connectivity index (χ0) is 25.1. The van der Waals surface area contributed by atoms with Crippen LogP contribution in [-0.4, -0.2) is 31.3 Å². The molecule has 1 unspecified atom stereocenters. The standard InChI is InChI=1S/C31H33ClN2O2/c1-20-13-21(2)15-23(14-20)28-19-34-30-18-29(32)26(22-7-6-9-25(16-22)35-3)17-27(30)31(28)36-12-10-24-8-4-5-11-33-24/h6-7,9,13-19,24,33H,4-5,8,10-12H2,1-3H3. The Labute approximate surface area is 218 Å². The molecule has 0 saturated carbocycles. The maximum Gasteiger partial charge on any atom is 0.138 e. The Morgan fingerprint density at radius 3 is 2.56 bits per heavy atom. The van der Waals surface area contributed by atoms with Crippen molar-refractivity contribution in [3.63, 3.8) is 0 Å². The summed E-state index contributed by atoms with van der Waals surface area (Å²) in [6.45, 7) is 5.99. The molecule has 4 aromatic rings. The van der Waals surface area contributed by atoms with Crippen molar-refractivity contribution in [2.75, 3.05) is 20.3 Å². The highest BCUT2D eigenvalue weighted by Crippen LogP contribution is 2.41. The number of halogens is 1. The molecular weight excluding hydrogens is 468 g/mol. The van der Waals surface area contributed by atoms with Gasteiger partial charge in [0.1, 0.15) is 11.5 Å². The number of nitrogens with zero attached hydrogens (tertiary/aromatic N) is 1. The minimum atomic E-state index is 0.512. The van der Waals surface area contributed by atoms with Gasteiger partial charge in [0, 0.05) is 28.8 Å². The van der Waals surface area contributed by atoms with Crippen molar-refractivity contribution >= 4 is 22.5 Å². The predicted octanol–water partition coefficient (Wildman–Crippen LogP) is 7.76. The van der Waals surface area contributed by atoms with Crippen LogP contribution in [0.4, 0.5) is 0 Å². The molecule has 4 nitrogen and oxygen atoms in total. The van der Waals surface area contributed by atoms with Crippen LogP contribution in [-0.2, 0) is 0 Å². The van der Waals surface area contributed by atoms with E-state index < -0.39 is 0 Å². The molecule has 1 fully saturated rings. The molecule has 0 radical (unpaired) electrons. The van der Waals surface area contributed by atoms with Crippen molar-refractivity contribution in [2.45, 2.75) is 45.6 Å². The number of nitrogens with one attached hydrogen (secondary N) is 1. The van der Waals surface area contributed by atoms with Gasteiger partial charge in [0.05, 0.1) is 24.3 Å². The fourth-order valence-electron chi connectivity index (χ4n) is 5.17. The van der Waals surface area contributed by atoms with Crippen molar-refractivity contribution in [1.29, 1.82) is 0 Å². The lowest BCUT2D eigenvalue weighted by molar-refractivity contribution is 0.271. The fraction of sp³-hybridized carbons (Fsp3) is 0.323. The minimum absolute atomic E-state index is 0.512. The lowest BCUT2D eigenvalue weighted by atomic mass is 9.97. The van der Waals surface area contributed by atoms with Gasteiger partial charge in [-0.2, -0.15) is 0 Å². The van der Waals surface area contributed by atoms with Gasteiger partial charge in [-0.15, -0.1) is 0 Å². The summed E-state index contributed by atoms with van der Waals surface area (Å²) in [7, 11) is 1.67. The third-order valence-electron chi connectivity index (χ3n) is 6.95. The lowest BCUT2D eigenvalue weighted by Crippen LogP contribution is -2.35. The smallest absolute Gasteiger partial charge is 0.138 e. The first-order valence-electron chi connectivity index (χ1n) is 12.7. The fourth-order valence-corrected chi connectivity index (χ4v) is 5.43. The Morgan fingerprint density at radius 1 is 0.972 bits per heavy atom. The summed E-state index contributed by atoms with van der Waals surface area (Å²) < 4.78 is 12.1. The molecular formula is C31H33ClN2O2. The van der Waals surface area contributed by atoms with Gasteiger partial charge >= 0.3 is 0 Å². The Kier molecular flexibility index (Phi) is 7.45. The maximum atomic E-state index is 6.76. The molecule has 0 aliphatic carbocycles. The van der Waals surface area contributed by atoms with E-state index in [0.29, 0.717) is 17.7 Å². The number of hydrogen-bond acceptors (Lipinski definition) is 4. The van der Waals surface area contributed by atoms with Crippen LogP contribution in [0.2, 0.25) is 5.02 Å². The van der Waals surface area contributed by atoms with E-state index in [4.69, 9.17) is 26.1 Å². The number of pyridine rings is 1. The molecule has 3 aromatic carbocycles. The highest BCUT2D eigenvalue weighted by atomic mass is 35.5. The number of fused-ring (bicyclic) bond motifs is 1. The van der Waals surface area contributed by atoms with Crippen molar-refractivity contribution in [3.8, 4) is 33.8 Å². The van der Waals surface area contributed by atoms with Crippen LogP contribution in [0.15, 0.2) is 60.8 Å². The first kappa shape index (κ1) is 24.6. The second-order valence-corrected chi connectivity index (χ2v) is 10.1. The van der Waals surface area contributed by atoms with Crippen LogP contribution < -0.4 is 14.8 Å². The zero-order valence-electron chi connectivity index (χ0n) is 21.2. The van der Waals surface area contributed by atoms with Crippen LogP contribution in [0, 0.1) is 13.8 Å². The second-order valence-electron chi connectivity index (χ2n) is 9.74. The van der Waals surface area contributed by atoms with E-state index in [9.17, 15) is 0 Å². The van der Waals surface area contributed by atoms with Crippen molar-refractivity contribution in [2.24, 2.45) is 0 Å². The van der Waals surface area contributed by atoms with Crippen molar-refractivity contribution in [3.05, 3.63) is 76.9 Å². The number of methoxy groups -OCH3 is 1. The second kappa shape index (κ2) is 10.9. The molecule has 1 N–H and O–H groups in total. The van der Waals surface area contributed by atoms with Gasteiger partial charge in [0.25, 0.3) is 0 Å². The van der Waals surface area contributed by atoms with Gasteiger partial charge in [-0.3, -0.25) is 4.98 Å². The Bertz CT molecular complexity index is 1360. The number of benzene rings is 3. The minimum Gasteiger partial charge on any atom is -0.497 e. The van der Waals surface area contributed by atoms with E-state index >= 15 is 0 Å². The van der Waals surface area contributed by atoms with Crippen molar-refractivity contribution < 1.29 is 9.47 Å². The summed E-state index contributed by atoms with van der Waals surface area (Å²) in [5.74, 6) is 1.66. The molecule has 186 valence electrons. The average molecular weight is 501 g/mol. The summed E-state index contributed by atoms with van der Waals surface area (Å²) in [6, 6.07) is 19.1. The number of hydrogen-bond donors (Lipinski definition) is 1. The highest BCUT2D eigenvalue weighted by Gasteiger charge is 2.18. The van der Waals surface area contributed by atoms with E-state index in [2.05, 4.69) is 43.4 Å². The van der Waals surface area contributed by atoms with Crippen LogP contribution in [0.3, 0.4) is 0 Å². The zero-order valence-corrected chi connectivity index (χ0v) is 22.0. The molecule has 1 aliphatic heterocycles. The first-order chi connectivity index (χ1) is 17.5. The largest absolute Gasteiger partial charge is 0.497 e. The molecule has 1 aromatic heterocycles. The monoisotopic (exact) mass is 500 g/mol. The Balaban J connectivity index is 1.61. The summed E-state index contributed by atoms with van der Waals surface area (Å²) >= 11 is 6.76. The van der Waals surface area contributed by atoms with Crippen LogP contribution in [0.5, 0.6) is 11.5 Å². The molecule has 0 amide bonds. The van der Waals surface area contributed by atoms with Gasteiger partial charge in [0.2, 0.25) is 0 Å². The molecule has 1 atom stereocenters. The summed E-state index contributed by atoms with van der Waals surface area (Å²) in [5, 5.41) is 5.25. The van der Waals surface area contributed by atoms with Gasteiger partial charge in [-0.25, -0.2) is 0 Å². The summed E-state index contributed by atoms with van der Waals surface area (Å²) in [5.41, 5.74) is 7.31. The van der Waals surface area contributed by atoms with Crippen molar-refractivity contribution in [1.82, 2.24) is 10.3 Å². The van der Waals surface area contributed by atoms with Gasteiger partial charge in [-0.05, 0) is 75.0 Å². The van der Waals surface area contributed by atoms with E-state index in [0.717, 1.165) is 57.6 Å². The quantitative estimate of drug-likeness (QED) is 0.281.